The SMILES string of the molecule is CNC1CCOCC1CN(C)CC1(O)CCCC1. The van der Waals surface area contributed by atoms with Crippen LogP contribution in [-0.4, -0.2) is 62.0 Å². The zero-order chi connectivity index (χ0) is 13.0. The van der Waals surface area contributed by atoms with Gasteiger partial charge in [-0.15, -0.1) is 0 Å². The van der Waals surface area contributed by atoms with Gasteiger partial charge in [0.2, 0.25) is 0 Å². The van der Waals surface area contributed by atoms with Crippen LogP contribution in [0, 0.1) is 5.92 Å². The third kappa shape index (κ3) is 3.67. The molecule has 4 nitrogen and oxygen atoms in total. The van der Waals surface area contributed by atoms with Crippen LogP contribution >= 0.6 is 0 Å². The van der Waals surface area contributed by atoms with Crippen LogP contribution in [0.4, 0.5) is 0 Å². The first kappa shape index (κ1) is 14.3. The number of ether oxygens (including phenoxy) is 1. The minimum atomic E-state index is -0.431. The Balaban J connectivity index is 1.80. The fourth-order valence-electron chi connectivity index (χ4n) is 3.52. The molecular formula is C14H28N2O2. The molecule has 0 bridgehead atoms. The molecule has 0 amide bonds. The molecule has 0 aromatic rings. The lowest BCUT2D eigenvalue weighted by molar-refractivity contribution is -0.00993. The zero-order valence-electron chi connectivity index (χ0n) is 11.8. The molecule has 0 spiro atoms. The fraction of sp³-hybridized carbons (Fsp3) is 1.00. The summed E-state index contributed by atoms with van der Waals surface area (Å²) in [6.45, 7) is 3.53. The number of nitrogens with zero attached hydrogens (tertiary/aromatic N) is 1. The van der Waals surface area contributed by atoms with Gasteiger partial charge in [-0.05, 0) is 33.4 Å². The Bertz CT molecular complexity index is 254. The molecule has 1 heterocycles. The predicted octanol–water partition coefficient (Wildman–Crippen LogP) is 0.848. The molecule has 1 saturated carbocycles. The normalized spacial score (nSPS) is 32.0. The maximum atomic E-state index is 10.4. The van der Waals surface area contributed by atoms with Crippen molar-refractivity contribution in [3.05, 3.63) is 0 Å². The van der Waals surface area contributed by atoms with Crippen LogP contribution in [0.5, 0.6) is 0 Å². The first-order chi connectivity index (χ1) is 8.63. The van der Waals surface area contributed by atoms with Crippen molar-refractivity contribution in [3.63, 3.8) is 0 Å². The lowest BCUT2D eigenvalue weighted by atomic mass is 9.94. The minimum Gasteiger partial charge on any atom is -0.389 e. The summed E-state index contributed by atoms with van der Waals surface area (Å²) in [5, 5.41) is 13.8. The van der Waals surface area contributed by atoms with Gasteiger partial charge in [-0.3, -0.25) is 0 Å². The largest absolute Gasteiger partial charge is 0.389 e. The van der Waals surface area contributed by atoms with E-state index in [4.69, 9.17) is 4.74 Å². The molecule has 1 aliphatic carbocycles. The van der Waals surface area contributed by atoms with Gasteiger partial charge >= 0.3 is 0 Å². The van der Waals surface area contributed by atoms with Gasteiger partial charge in [0, 0.05) is 31.7 Å². The van der Waals surface area contributed by atoms with Crippen LogP contribution < -0.4 is 5.32 Å². The van der Waals surface area contributed by atoms with Gasteiger partial charge in [0.05, 0.1) is 12.2 Å². The number of hydrogen-bond donors (Lipinski definition) is 2. The van der Waals surface area contributed by atoms with E-state index in [9.17, 15) is 5.11 Å². The summed E-state index contributed by atoms with van der Waals surface area (Å²) >= 11 is 0. The number of aliphatic hydroxyl groups is 1. The molecule has 18 heavy (non-hydrogen) atoms. The van der Waals surface area contributed by atoms with E-state index in [0.717, 1.165) is 45.6 Å². The zero-order valence-corrected chi connectivity index (χ0v) is 11.8. The van der Waals surface area contributed by atoms with Gasteiger partial charge in [0.25, 0.3) is 0 Å². The van der Waals surface area contributed by atoms with Crippen molar-refractivity contribution in [2.24, 2.45) is 5.92 Å². The van der Waals surface area contributed by atoms with Crippen molar-refractivity contribution < 1.29 is 9.84 Å². The van der Waals surface area contributed by atoms with Gasteiger partial charge in [-0.1, -0.05) is 12.8 Å². The molecule has 106 valence electrons. The highest BCUT2D eigenvalue weighted by atomic mass is 16.5. The van der Waals surface area contributed by atoms with E-state index in [2.05, 4.69) is 17.3 Å². The highest BCUT2D eigenvalue weighted by Gasteiger charge is 2.33. The number of nitrogens with one attached hydrogen (secondary N) is 1. The Morgan fingerprint density at radius 3 is 2.78 bits per heavy atom. The maximum Gasteiger partial charge on any atom is 0.0774 e. The summed E-state index contributed by atoms with van der Waals surface area (Å²) in [7, 11) is 4.16. The quantitative estimate of drug-likeness (QED) is 0.765. The van der Waals surface area contributed by atoms with Crippen LogP contribution in [0.2, 0.25) is 0 Å². The lowest BCUT2D eigenvalue weighted by Crippen LogP contribution is -2.48. The molecule has 2 rings (SSSR count). The highest BCUT2D eigenvalue weighted by Crippen LogP contribution is 2.30. The lowest BCUT2D eigenvalue weighted by Gasteiger charge is -2.36. The number of hydrogen-bond acceptors (Lipinski definition) is 4. The number of rotatable bonds is 5. The third-order valence-corrected chi connectivity index (χ3v) is 4.49. The van der Waals surface area contributed by atoms with E-state index in [-0.39, 0.29) is 0 Å². The monoisotopic (exact) mass is 256 g/mol. The van der Waals surface area contributed by atoms with Crippen LogP contribution in [0.15, 0.2) is 0 Å². The Hall–Kier alpha value is -0.160. The summed E-state index contributed by atoms with van der Waals surface area (Å²) in [6.07, 6.45) is 5.38. The topological polar surface area (TPSA) is 44.7 Å². The van der Waals surface area contributed by atoms with E-state index in [1.165, 1.54) is 12.8 Å². The average Bonchev–Trinajstić information content (AvgIpc) is 2.76. The Kier molecular flexibility index (Phi) is 5.01. The summed E-state index contributed by atoms with van der Waals surface area (Å²) in [6, 6.07) is 0.555. The Morgan fingerprint density at radius 1 is 1.39 bits per heavy atom. The first-order valence-electron chi connectivity index (χ1n) is 7.29. The molecule has 0 aromatic heterocycles. The molecule has 1 aliphatic heterocycles. The van der Waals surface area contributed by atoms with E-state index < -0.39 is 5.60 Å². The van der Waals surface area contributed by atoms with Crippen molar-refractivity contribution in [1.82, 2.24) is 10.2 Å². The van der Waals surface area contributed by atoms with E-state index in [1.807, 2.05) is 7.05 Å². The second-order valence-corrected chi connectivity index (χ2v) is 6.15. The molecule has 1 saturated heterocycles. The van der Waals surface area contributed by atoms with Crippen molar-refractivity contribution >= 4 is 0 Å². The molecular weight excluding hydrogens is 228 g/mol. The Labute approximate surface area is 111 Å². The standard InChI is InChI=1S/C14H28N2O2/c1-15-13-5-8-18-10-12(13)9-16(2)11-14(17)6-3-4-7-14/h12-13,15,17H,3-11H2,1-2H3. The van der Waals surface area contributed by atoms with Gasteiger partial charge in [-0.2, -0.15) is 0 Å². The van der Waals surface area contributed by atoms with Gasteiger partial charge in [0.1, 0.15) is 0 Å². The van der Waals surface area contributed by atoms with Crippen LogP contribution in [-0.2, 0) is 4.74 Å². The van der Waals surface area contributed by atoms with Crippen LogP contribution in [0.1, 0.15) is 32.1 Å². The first-order valence-corrected chi connectivity index (χ1v) is 7.29. The second-order valence-electron chi connectivity index (χ2n) is 6.15. The van der Waals surface area contributed by atoms with Crippen molar-refractivity contribution in [2.45, 2.75) is 43.7 Å². The molecule has 2 atom stereocenters. The second kappa shape index (κ2) is 6.33. The molecule has 0 aromatic carbocycles. The molecule has 2 fully saturated rings. The van der Waals surface area contributed by atoms with Crippen molar-refractivity contribution in [2.75, 3.05) is 40.4 Å². The highest BCUT2D eigenvalue weighted by molar-refractivity contribution is 4.88. The Morgan fingerprint density at radius 2 is 2.11 bits per heavy atom. The fourth-order valence-corrected chi connectivity index (χ4v) is 3.52. The van der Waals surface area contributed by atoms with E-state index in [0.29, 0.717) is 12.0 Å². The molecule has 2 N–H and O–H groups in total. The van der Waals surface area contributed by atoms with Crippen molar-refractivity contribution in [3.8, 4) is 0 Å². The summed E-state index contributed by atoms with van der Waals surface area (Å²) in [4.78, 5) is 2.29. The van der Waals surface area contributed by atoms with E-state index >= 15 is 0 Å². The van der Waals surface area contributed by atoms with E-state index in [1.54, 1.807) is 0 Å². The smallest absolute Gasteiger partial charge is 0.0774 e. The average molecular weight is 256 g/mol. The molecule has 2 unspecified atom stereocenters. The molecule has 2 aliphatic rings. The molecule has 4 heteroatoms. The molecule has 0 radical (unpaired) electrons. The summed E-state index contributed by atoms with van der Waals surface area (Å²) in [5.74, 6) is 0.541. The van der Waals surface area contributed by atoms with Gasteiger partial charge in [-0.25, -0.2) is 0 Å². The third-order valence-electron chi connectivity index (χ3n) is 4.49. The van der Waals surface area contributed by atoms with Crippen molar-refractivity contribution in [1.29, 1.82) is 0 Å². The predicted molar refractivity (Wildman–Crippen MR) is 72.7 cm³/mol. The summed E-state index contributed by atoms with van der Waals surface area (Å²) in [5.41, 5.74) is -0.431. The maximum absolute atomic E-state index is 10.4. The van der Waals surface area contributed by atoms with Crippen LogP contribution in [0.25, 0.3) is 0 Å². The van der Waals surface area contributed by atoms with Crippen LogP contribution in [0.3, 0.4) is 0 Å². The summed E-state index contributed by atoms with van der Waals surface area (Å²) < 4.78 is 5.58. The number of likely N-dealkylation sites (N-methyl/N-ethyl adjacent to an activating group) is 1. The minimum absolute atomic E-state index is 0.431. The van der Waals surface area contributed by atoms with Gasteiger partial charge < -0.3 is 20.1 Å². The van der Waals surface area contributed by atoms with Gasteiger partial charge in [0.15, 0.2) is 0 Å².